The molecule has 0 aromatic heterocycles. The molecule has 0 saturated heterocycles. The number of halogens is 1. The summed E-state index contributed by atoms with van der Waals surface area (Å²) < 4.78 is 5.34. The lowest BCUT2D eigenvalue weighted by atomic mass is 10.1. The van der Waals surface area contributed by atoms with Gasteiger partial charge in [-0.15, -0.1) is 0 Å². The van der Waals surface area contributed by atoms with Crippen LogP contribution in [0.4, 0.5) is 0 Å². The number of unbranched alkanes of at least 4 members (excludes halogenated alkanes) is 4. The lowest BCUT2D eigenvalue weighted by Gasteiger charge is -2.10. The third-order valence-electron chi connectivity index (χ3n) is 3.01. The van der Waals surface area contributed by atoms with Crippen LogP contribution in [0.3, 0.4) is 0 Å². The first kappa shape index (κ1) is 18.7. The molecule has 0 bridgehead atoms. The van der Waals surface area contributed by atoms with Crippen LogP contribution < -0.4 is 15.4 Å². The zero-order valence-electron chi connectivity index (χ0n) is 12.9. The van der Waals surface area contributed by atoms with Gasteiger partial charge in [0.25, 0.3) is 5.91 Å². The molecule has 0 aliphatic carbocycles. The number of nitrogens with one attached hydrogen (secondary N) is 2. The molecule has 22 heavy (non-hydrogen) atoms. The summed E-state index contributed by atoms with van der Waals surface area (Å²) in [6, 6.07) is 7.01. The number of benzene rings is 1. The quantitative estimate of drug-likeness (QED) is 0.531. The van der Waals surface area contributed by atoms with Gasteiger partial charge in [-0.25, -0.2) is 0 Å². The molecule has 1 amide bonds. The molecule has 2 N–H and O–H groups in total. The highest BCUT2D eigenvalue weighted by Gasteiger charge is 2.07. The zero-order chi connectivity index (χ0) is 16.2. The summed E-state index contributed by atoms with van der Waals surface area (Å²) in [4.78, 5) is 11.7. The molecule has 1 aromatic rings. The van der Waals surface area contributed by atoms with Gasteiger partial charge in [-0.3, -0.25) is 4.79 Å². The van der Waals surface area contributed by atoms with E-state index >= 15 is 0 Å². The highest BCUT2D eigenvalue weighted by molar-refractivity contribution is 7.80. The molecule has 4 nitrogen and oxygen atoms in total. The number of hydrogen-bond donors (Lipinski definition) is 2. The Morgan fingerprint density at radius 2 is 1.95 bits per heavy atom. The van der Waals surface area contributed by atoms with Gasteiger partial charge in [-0.05, 0) is 30.8 Å². The summed E-state index contributed by atoms with van der Waals surface area (Å²) in [5.74, 6) is 0.178. The fourth-order valence-electron chi connectivity index (χ4n) is 1.84. The minimum absolute atomic E-state index is 0.123. The Balaban J connectivity index is 2.14. The van der Waals surface area contributed by atoms with Crippen molar-refractivity contribution < 1.29 is 9.53 Å². The van der Waals surface area contributed by atoms with E-state index in [0.717, 1.165) is 13.0 Å². The Morgan fingerprint density at radius 1 is 1.23 bits per heavy atom. The normalized spacial score (nSPS) is 10.1. The van der Waals surface area contributed by atoms with Crippen LogP contribution >= 0.6 is 23.8 Å². The van der Waals surface area contributed by atoms with Crippen molar-refractivity contribution in [3.8, 4) is 5.75 Å². The Hall–Kier alpha value is -1.33. The molecule has 0 saturated carbocycles. The van der Waals surface area contributed by atoms with E-state index in [4.69, 9.17) is 28.6 Å². The summed E-state index contributed by atoms with van der Waals surface area (Å²) >= 11 is 11.0. The van der Waals surface area contributed by atoms with Gasteiger partial charge in [0.05, 0.1) is 5.02 Å². The van der Waals surface area contributed by atoms with Crippen LogP contribution in [0, 0.1) is 0 Å². The van der Waals surface area contributed by atoms with Gasteiger partial charge in [0.15, 0.2) is 11.7 Å². The molecule has 0 radical (unpaired) electrons. The average molecular weight is 343 g/mol. The van der Waals surface area contributed by atoms with Crippen LogP contribution in [0.5, 0.6) is 5.75 Å². The number of amides is 1. The molecular weight excluding hydrogens is 320 g/mol. The molecule has 6 heteroatoms. The fourth-order valence-corrected chi connectivity index (χ4v) is 2.25. The zero-order valence-corrected chi connectivity index (χ0v) is 14.4. The monoisotopic (exact) mass is 342 g/mol. The maximum absolute atomic E-state index is 11.7. The second kappa shape index (κ2) is 11.3. The standard InChI is InChI=1S/C16H23ClN2O2S/c1-2-3-4-5-8-11-18-16(22)19-15(20)12-21-14-10-7-6-9-13(14)17/h6-7,9-10H,2-5,8,11-12H2,1H3,(H2,18,19,20,22). The first-order valence-electron chi connectivity index (χ1n) is 7.58. The molecule has 0 heterocycles. The van der Waals surface area contributed by atoms with E-state index in [9.17, 15) is 4.79 Å². The molecule has 0 aliphatic heterocycles. The topological polar surface area (TPSA) is 50.4 Å². The van der Waals surface area contributed by atoms with E-state index in [-0.39, 0.29) is 12.5 Å². The lowest BCUT2D eigenvalue weighted by Crippen LogP contribution is -2.41. The number of carbonyl (C=O) groups is 1. The molecule has 122 valence electrons. The van der Waals surface area contributed by atoms with Gasteiger partial charge in [-0.1, -0.05) is 56.3 Å². The summed E-state index contributed by atoms with van der Waals surface area (Å²) in [6.45, 7) is 2.84. The number of carbonyl (C=O) groups excluding carboxylic acids is 1. The molecule has 1 rings (SSSR count). The van der Waals surface area contributed by atoms with Crippen molar-refractivity contribution >= 4 is 34.8 Å². The first-order valence-corrected chi connectivity index (χ1v) is 8.37. The number of ether oxygens (including phenoxy) is 1. The molecule has 0 aliphatic rings. The van der Waals surface area contributed by atoms with Gasteiger partial charge in [-0.2, -0.15) is 0 Å². The Morgan fingerprint density at radius 3 is 2.68 bits per heavy atom. The van der Waals surface area contributed by atoms with Crippen molar-refractivity contribution in [2.75, 3.05) is 13.2 Å². The van der Waals surface area contributed by atoms with Crippen molar-refractivity contribution in [1.29, 1.82) is 0 Å². The summed E-state index contributed by atoms with van der Waals surface area (Å²) in [6.07, 6.45) is 5.95. The van der Waals surface area contributed by atoms with E-state index in [2.05, 4.69) is 17.6 Å². The van der Waals surface area contributed by atoms with E-state index < -0.39 is 0 Å². The lowest BCUT2D eigenvalue weighted by molar-refractivity contribution is -0.121. The Kier molecular flexibility index (Phi) is 9.59. The summed E-state index contributed by atoms with van der Waals surface area (Å²) in [5.41, 5.74) is 0. The highest BCUT2D eigenvalue weighted by atomic mass is 35.5. The van der Waals surface area contributed by atoms with Crippen LogP contribution in [0.2, 0.25) is 5.02 Å². The van der Waals surface area contributed by atoms with Gasteiger partial charge in [0, 0.05) is 6.54 Å². The number of hydrogen-bond acceptors (Lipinski definition) is 3. The SMILES string of the molecule is CCCCCCCNC(=S)NC(=O)COc1ccccc1Cl. The van der Waals surface area contributed by atoms with Crippen molar-refractivity contribution in [2.45, 2.75) is 39.0 Å². The molecule has 1 aromatic carbocycles. The predicted octanol–water partition coefficient (Wildman–Crippen LogP) is 3.68. The third kappa shape index (κ3) is 8.20. The molecule has 0 unspecified atom stereocenters. The second-order valence-corrected chi connectivity index (χ2v) is 5.75. The Bertz CT molecular complexity index is 483. The van der Waals surface area contributed by atoms with E-state index in [0.29, 0.717) is 15.9 Å². The van der Waals surface area contributed by atoms with Crippen LogP contribution in [0.25, 0.3) is 0 Å². The summed E-state index contributed by atoms with van der Waals surface area (Å²) in [5, 5.41) is 6.41. The number of rotatable bonds is 9. The fraction of sp³-hybridized carbons (Fsp3) is 0.500. The first-order chi connectivity index (χ1) is 10.6. The number of thiocarbonyl (C=S) groups is 1. The predicted molar refractivity (Wildman–Crippen MR) is 94.4 cm³/mol. The number of para-hydroxylation sites is 1. The smallest absolute Gasteiger partial charge is 0.264 e. The van der Waals surface area contributed by atoms with Crippen LogP contribution in [-0.4, -0.2) is 24.2 Å². The van der Waals surface area contributed by atoms with Gasteiger partial charge >= 0.3 is 0 Å². The Labute approximate surface area is 142 Å². The van der Waals surface area contributed by atoms with E-state index in [1.54, 1.807) is 24.3 Å². The molecular formula is C16H23ClN2O2S. The minimum atomic E-state index is -0.302. The van der Waals surface area contributed by atoms with Gasteiger partial charge in [0.1, 0.15) is 5.75 Å². The maximum atomic E-state index is 11.7. The van der Waals surface area contributed by atoms with Crippen LogP contribution in [0.15, 0.2) is 24.3 Å². The van der Waals surface area contributed by atoms with E-state index in [1.807, 2.05) is 0 Å². The van der Waals surface area contributed by atoms with Crippen molar-refractivity contribution in [3.05, 3.63) is 29.3 Å². The van der Waals surface area contributed by atoms with E-state index in [1.165, 1.54) is 25.7 Å². The van der Waals surface area contributed by atoms with Gasteiger partial charge < -0.3 is 15.4 Å². The second-order valence-electron chi connectivity index (χ2n) is 4.94. The minimum Gasteiger partial charge on any atom is -0.482 e. The van der Waals surface area contributed by atoms with Crippen LogP contribution in [-0.2, 0) is 4.79 Å². The molecule has 0 atom stereocenters. The third-order valence-corrected chi connectivity index (χ3v) is 3.57. The van der Waals surface area contributed by atoms with Crippen molar-refractivity contribution in [1.82, 2.24) is 10.6 Å². The summed E-state index contributed by atoms with van der Waals surface area (Å²) in [7, 11) is 0. The highest BCUT2D eigenvalue weighted by Crippen LogP contribution is 2.22. The average Bonchev–Trinajstić information content (AvgIpc) is 2.50. The molecule has 0 spiro atoms. The van der Waals surface area contributed by atoms with Crippen LogP contribution in [0.1, 0.15) is 39.0 Å². The van der Waals surface area contributed by atoms with Crippen molar-refractivity contribution in [2.24, 2.45) is 0 Å². The maximum Gasteiger partial charge on any atom is 0.264 e. The molecule has 0 fully saturated rings. The largest absolute Gasteiger partial charge is 0.482 e. The van der Waals surface area contributed by atoms with Gasteiger partial charge in [0.2, 0.25) is 0 Å². The van der Waals surface area contributed by atoms with Crippen molar-refractivity contribution in [3.63, 3.8) is 0 Å².